The number of alkyl halides is 1. The van der Waals surface area contributed by atoms with Gasteiger partial charge in [0.15, 0.2) is 6.07 Å². The van der Waals surface area contributed by atoms with E-state index in [0.717, 1.165) is 13.0 Å². The van der Waals surface area contributed by atoms with Crippen molar-refractivity contribution in [2.45, 2.75) is 84.0 Å². The van der Waals surface area contributed by atoms with Crippen molar-refractivity contribution in [1.82, 2.24) is 0 Å². The lowest BCUT2D eigenvalue weighted by atomic mass is 10.1. The smallest absolute Gasteiger partial charge is 0.307 e. The lowest BCUT2D eigenvalue weighted by Gasteiger charge is -2.08. The number of hydrogen-bond donors (Lipinski definition) is 0. The second-order valence-corrected chi connectivity index (χ2v) is 8.20. The molecule has 0 aromatic rings. The molecule has 0 saturated heterocycles. The topological polar surface area (TPSA) is 89.5 Å². The number of esters is 2. The van der Waals surface area contributed by atoms with Crippen LogP contribution in [0.5, 0.6) is 0 Å². The monoisotopic (exact) mass is 510 g/mol. The van der Waals surface area contributed by atoms with E-state index >= 15 is 0 Å². The highest BCUT2D eigenvalue weighted by Gasteiger charge is 2.08. The van der Waals surface area contributed by atoms with Crippen molar-refractivity contribution in [1.29, 1.82) is 0 Å². The molecule has 0 aliphatic carbocycles. The molecule has 0 saturated carbocycles. The van der Waals surface area contributed by atoms with Crippen LogP contribution in [0.15, 0.2) is 0 Å². The number of rotatable bonds is 27. The molecule has 0 amide bonds. The van der Waals surface area contributed by atoms with Gasteiger partial charge in [-0.2, -0.15) is 0 Å². The third-order valence-electron chi connectivity index (χ3n) is 5.00. The van der Waals surface area contributed by atoms with Crippen molar-refractivity contribution in [2.24, 2.45) is 0 Å². The highest BCUT2D eigenvalue weighted by atomic mass is 35.5. The SMILES string of the molecule is CCCCCCCCCCCCOCCOCCOCCOCCOC(=O)CCC(=O)OCCl. The van der Waals surface area contributed by atoms with Crippen LogP contribution >= 0.6 is 11.6 Å². The lowest BCUT2D eigenvalue weighted by Crippen LogP contribution is -2.15. The molecule has 0 aromatic heterocycles. The number of halogens is 1. The van der Waals surface area contributed by atoms with Crippen LogP contribution < -0.4 is 0 Å². The highest BCUT2D eigenvalue weighted by Crippen LogP contribution is 2.10. The zero-order valence-corrected chi connectivity index (χ0v) is 22.0. The predicted octanol–water partition coefficient (Wildman–Crippen LogP) is 5.04. The van der Waals surface area contributed by atoms with Gasteiger partial charge in [0.05, 0.1) is 59.1 Å². The summed E-state index contributed by atoms with van der Waals surface area (Å²) >= 11 is 5.25. The first kappa shape index (κ1) is 33.1. The van der Waals surface area contributed by atoms with E-state index in [1.54, 1.807) is 0 Å². The molecular formula is C25H47ClO8. The minimum absolute atomic E-state index is 0.0385. The molecule has 0 bridgehead atoms. The Morgan fingerprint density at radius 3 is 1.35 bits per heavy atom. The van der Waals surface area contributed by atoms with Crippen LogP contribution in [-0.4, -0.2) is 77.5 Å². The summed E-state index contributed by atoms with van der Waals surface area (Å²) < 4.78 is 31.2. The highest BCUT2D eigenvalue weighted by molar-refractivity contribution is 6.17. The molecule has 0 spiro atoms. The van der Waals surface area contributed by atoms with Gasteiger partial charge in [-0.05, 0) is 6.42 Å². The Kier molecular flexibility index (Phi) is 27.5. The van der Waals surface area contributed by atoms with E-state index < -0.39 is 11.9 Å². The predicted molar refractivity (Wildman–Crippen MR) is 132 cm³/mol. The number of hydrogen-bond acceptors (Lipinski definition) is 8. The van der Waals surface area contributed by atoms with Gasteiger partial charge in [-0.25, -0.2) is 0 Å². The molecule has 0 fully saturated rings. The van der Waals surface area contributed by atoms with E-state index in [0.29, 0.717) is 39.6 Å². The number of unbranched alkanes of at least 4 members (excludes halogenated alkanes) is 9. The van der Waals surface area contributed by atoms with Crippen molar-refractivity contribution in [3.63, 3.8) is 0 Å². The van der Waals surface area contributed by atoms with Gasteiger partial charge in [0.25, 0.3) is 0 Å². The molecule has 0 aromatic carbocycles. The van der Waals surface area contributed by atoms with Crippen molar-refractivity contribution >= 4 is 23.5 Å². The van der Waals surface area contributed by atoms with Crippen molar-refractivity contribution in [3.05, 3.63) is 0 Å². The van der Waals surface area contributed by atoms with E-state index in [9.17, 15) is 9.59 Å². The van der Waals surface area contributed by atoms with Crippen LogP contribution in [0.2, 0.25) is 0 Å². The minimum atomic E-state index is -0.527. The molecular weight excluding hydrogens is 464 g/mol. The van der Waals surface area contributed by atoms with Gasteiger partial charge in [-0.1, -0.05) is 76.3 Å². The van der Waals surface area contributed by atoms with Crippen LogP contribution in [0, 0.1) is 0 Å². The summed E-state index contributed by atoms with van der Waals surface area (Å²) in [5, 5.41) is 0. The molecule has 0 atom stereocenters. The summed E-state index contributed by atoms with van der Waals surface area (Å²) in [4.78, 5) is 22.5. The second kappa shape index (κ2) is 28.3. The van der Waals surface area contributed by atoms with E-state index in [1.165, 1.54) is 57.8 Å². The first-order valence-electron chi connectivity index (χ1n) is 12.9. The Bertz CT molecular complexity index is 451. The van der Waals surface area contributed by atoms with Crippen LogP contribution in [0.3, 0.4) is 0 Å². The van der Waals surface area contributed by atoms with Crippen LogP contribution in [-0.2, 0) is 38.0 Å². The maximum absolute atomic E-state index is 11.4. The minimum Gasteiger partial charge on any atom is -0.463 e. The zero-order chi connectivity index (χ0) is 25.0. The van der Waals surface area contributed by atoms with E-state index in [4.69, 9.17) is 35.3 Å². The van der Waals surface area contributed by atoms with Gasteiger partial charge in [-0.3, -0.25) is 9.59 Å². The summed E-state index contributed by atoms with van der Waals surface area (Å²) in [6.45, 7) is 6.52. The third-order valence-corrected chi connectivity index (χ3v) is 5.11. The van der Waals surface area contributed by atoms with E-state index in [-0.39, 0.29) is 32.1 Å². The Labute approximate surface area is 211 Å². The molecule has 0 N–H and O–H groups in total. The molecule has 9 heteroatoms. The zero-order valence-electron chi connectivity index (χ0n) is 21.2. The molecule has 0 unspecified atom stereocenters. The summed E-state index contributed by atoms with van der Waals surface area (Å²) in [5.74, 6) is -1.00. The van der Waals surface area contributed by atoms with Gasteiger partial charge >= 0.3 is 11.9 Å². The van der Waals surface area contributed by atoms with Crippen LogP contribution in [0.1, 0.15) is 84.0 Å². The summed E-state index contributed by atoms with van der Waals surface area (Å²) in [7, 11) is 0. The van der Waals surface area contributed by atoms with Gasteiger partial charge in [-0.15, -0.1) is 0 Å². The Morgan fingerprint density at radius 1 is 0.500 bits per heavy atom. The van der Waals surface area contributed by atoms with E-state index in [2.05, 4.69) is 11.7 Å². The third kappa shape index (κ3) is 27.3. The summed E-state index contributed by atoms with van der Waals surface area (Å²) in [6.07, 6.45) is 13.2. The molecule has 202 valence electrons. The van der Waals surface area contributed by atoms with Crippen LogP contribution in [0.25, 0.3) is 0 Å². The van der Waals surface area contributed by atoms with Crippen LogP contribution in [0.4, 0.5) is 0 Å². The number of carbonyl (C=O) groups is 2. The van der Waals surface area contributed by atoms with Crippen molar-refractivity contribution in [2.75, 3.05) is 65.5 Å². The lowest BCUT2D eigenvalue weighted by molar-refractivity contribution is -0.150. The van der Waals surface area contributed by atoms with Gasteiger partial charge in [0, 0.05) is 6.61 Å². The van der Waals surface area contributed by atoms with Crippen molar-refractivity contribution < 1.29 is 38.0 Å². The fraction of sp³-hybridized carbons (Fsp3) is 0.920. The second-order valence-electron chi connectivity index (χ2n) is 7.98. The average Bonchev–Trinajstić information content (AvgIpc) is 2.83. The molecule has 34 heavy (non-hydrogen) atoms. The molecule has 0 aliphatic heterocycles. The average molecular weight is 511 g/mol. The molecule has 8 nitrogen and oxygen atoms in total. The Balaban J connectivity index is 3.12. The number of carbonyl (C=O) groups excluding carboxylic acids is 2. The largest absolute Gasteiger partial charge is 0.463 e. The molecule has 0 aliphatic rings. The molecule has 0 radical (unpaired) electrons. The fourth-order valence-corrected chi connectivity index (χ4v) is 3.20. The fourth-order valence-electron chi connectivity index (χ4n) is 3.08. The summed E-state index contributed by atoms with van der Waals surface area (Å²) in [5.41, 5.74) is 0. The molecule has 0 heterocycles. The number of ether oxygens (including phenoxy) is 6. The maximum Gasteiger partial charge on any atom is 0.307 e. The summed E-state index contributed by atoms with van der Waals surface area (Å²) in [6, 6.07) is -0.218. The first-order chi connectivity index (χ1) is 16.7. The van der Waals surface area contributed by atoms with Gasteiger partial charge in [0.2, 0.25) is 0 Å². The Hall–Kier alpha value is -0.930. The van der Waals surface area contributed by atoms with Gasteiger partial charge < -0.3 is 28.4 Å². The van der Waals surface area contributed by atoms with E-state index in [1.807, 2.05) is 0 Å². The standard InChI is InChI=1S/C25H47ClO8/c1-2-3-4-5-6-7-8-9-10-11-14-29-15-16-30-17-18-31-19-20-32-21-22-33-24(27)12-13-25(28)34-23-26/h2-23H2,1H3. The molecule has 0 rings (SSSR count). The normalized spacial score (nSPS) is 11.0. The maximum atomic E-state index is 11.4. The first-order valence-corrected chi connectivity index (χ1v) is 13.4. The van der Waals surface area contributed by atoms with Crippen molar-refractivity contribution in [3.8, 4) is 0 Å². The Morgan fingerprint density at radius 2 is 0.882 bits per heavy atom. The van der Waals surface area contributed by atoms with Gasteiger partial charge in [0.1, 0.15) is 6.61 Å². The quantitative estimate of drug-likeness (QED) is 0.0862.